The summed E-state index contributed by atoms with van der Waals surface area (Å²) in [6, 6.07) is 14.2. The molecule has 0 spiro atoms. The molecule has 7 nitrogen and oxygen atoms in total. The fraction of sp³-hybridized carbons (Fsp3) is 0.385. The van der Waals surface area contributed by atoms with Gasteiger partial charge in [-0.25, -0.2) is 9.78 Å². The molecule has 1 aromatic carbocycles. The molecule has 7 heteroatoms. The molecule has 5 rings (SSSR count). The van der Waals surface area contributed by atoms with Gasteiger partial charge in [0.1, 0.15) is 5.82 Å². The number of hydrogen-bond donors (Lipinski definition) is 3. The first-order valence-corrected chi connectivity index (χ1v) is 11.7. The Bertz CT molecular complexity index is 1310. The molecule has 1 unspecified atom stereocenters. The molecule has 0 saturated heterocycles. The summed E-state index contributed by atoms with van der Waals surface area (Å²) in [6.07, 6.45) is 3.83. The minimum atomic E-state index is -0.658. The Morgan fingerprint density at radius 2 is 1.97 bits per heavy atom. The Morgan fingerprint density at radius 1 is 1.18 bits per heavy atom. The van der Waals surface area contributed by atoms with Crippen LogP contribution < -0.4 is 11.0 Å². The summed E-state index contributed by atoms with van der Waals surface area (Å²) < 4.78 is 3.91. The van der Waals surface area contributed by atoms with Gasteiger partial charge in [-0.2, -0.15) is 0 Å². The van der Waals surface area contributed by atoms with Gasteiger partial charge in [-0.3, -0.25) is 4.57 Å². The highest BCUT2D eigenvalue weighted by molar-refractivity contribution is 5.79. The summed E-state index contributed by atoms with van der Waals surface area (Å²) in [4.78, 5) is 19.9. The maximum Gasteiger partial charge on any atom is 0.326 e. The van der Waals surface area contributed by atoms with E-state index in [1.165, 1.54) is 17.0 Å². The first-order chi connectivity index (χ1) is 15.9. The van der Waals surface area contributed by atoms with Gasteiger partial charge in [-0.15, -0.1) is 0 Å². The number of rotatable bonds is 6. The van der Waals surface area contributed by atoms with Gasteiger partial charge in [0.05, 0.1) is 17.1 Å². The molecule has 172 valence electrons. The molecule has 1 aliphatic rings. The quantitative estimate of drug-likeness (QED) is 0.424. The normalized spacial score (nSPS) is 19.0. The Hall–Kier alpha value is -3.16. The first kappa shape index (κ1) is 21.7. The van der Waals surface area contributed by atoms with Gasteiger partial charge < -0.3 is 20.0 Å². The molecule has 0 saturated carbocycles. The number of aromatic amines is 1. The second-order valence-electron chi connectivity index (χ2n) is 9.25. The predicted molar refractivity (Wildman–Crippen MR) is 130 cm³/mol. The van der Waals surface area contributed by atoms with Crippen LogP contribution in [0, 0.1) is 13.8 Å². The lowest BCUT2D eigenvalue weighted by molar-refractivity contribution is 0.119. The SMILES string of the molecule is Cc1ccc(C)n1-c1ccc(CCC(C)N[C@@H]2CCn3c(=O)[nH]c4cccc(c43)[C@H]2O)cn1. The minimum Gasteiger partial charge on any atom is -0.387 e. The first-order valence-electron chi connectivity index (χ1n) is 11.7. The van der Waals surface area contributed by atoms with Crippen molar-refractivity contribution in [2.75, 3.05) is 0 Å². The number of para-hydroxylation sites is 1. The van der Waals surface area contributed by atoms with Gasteiger partial charge >= 0.3 is 5.69 Å². The second-order valence-corrected chi connectivity index (χ2v) is 9.25. The zero-order valence-electron chi connectivity index (χ0n) is 19.4. The molecule has 3 aromatic heterocycles. The van der Waals surface area contributed by atoms with Gasteiger partial charge in [-0.05, 0) is 69.9 Å². The number of aromatic nitrogens is 4. The van der Waals surface area contributed by atoms with E-state index < -0.39 is 6.10 Å². The molecule has 4 aromatic rings. The van der Waals surface area contributed by atoms with E-state index >= 15 is 0 Å². The number of hydrogen-bond acceptors (Lipinski definition) is 4. The van der Waals surface area contributed by atoms with Crippen LogP contribution in [0.4, 0.5) is 0 Å². The summed E-state index contributed by atoms with van der Waals surface area (Å²) in [5.41, 5.74) is 5.86. The maximum absolute atomic E-state index is 12.3. The van der Waals surface area contributed by atoms with E-state index in [1.807, 2.05) is 24.4 Å². The molecule has 0 bridgehead atoms. The van der Waals surface area contributed by atoms with Crippen molar-refractivity contribution in [3.05, 3.63) is 81.7 Å². The number of benzene rings is 1. The highest BCUT2D eigenvalue weighted by atomic mass is 16.3. The van der Waals surface area contributed by atoms with Crippen LogP contribution in [-0.2, 0) is 13.0 Å². The largest absolute Gasteiger partial charge is 0.387 e. The van der Waals surface area contributed by atoms with Crippen molar-refractivity contribution in [1.82, 2.24) is 24.4 Å². The van der Waals surface area contributed by atoms with Crippen LogP contribution in [0.1, 0.15) is 48.4 Å². The van der Waals surface area contributed by atoms with Crippen molar-refractivity contribution in [1.29, 1.82) is 0 Å². The van der Waals surface area contributed by atoms with Gasteiger partial charge in [0.25, 0.3) is 0 Å². The van der Waals surface area contributed by atoms with Crippen molar-refractivity contribution in [2.24, 2.45) is 0 Å². The van der Waals surface area contributed by atoms with E-state index in [-0.39, 0.29) is 17.8 Å². The van der Waals surface area contributed by atoms with Crippen LogP contribution in [0.15, 0.2) is 53.5 Å². The highest BCUT2D eigenvalue weighted by Gasteiger charge is 2.29. The number of pyridine rings is 1. The highest BCUT2D eigenvalue weighted by Crippen LogP contribution is 2.30. The van der Waals surface area contributed by atoms with Crippen LogP contribution in [0.3, 0.4) is 0 Å². The predicted octanol–water partition coefficient (Wildman–Crippen LogP) is 3.55. The summed E-state index contributed by atoms with van der Waals surface area (Å²) in [5, 5.41) is 14.7. The smallest absolute Gasteiger partial charge is 0.326 e. The zero-order chi connectivity index (χ0) is 23.1. The van der Waals surface area contributed by atoms with Gasteiger partial charge in [0.15, 0.2) is 0 Å². The Balaban J connectivity index is 1.23. The van der Waals surface area contributed by atoms with Crippen LogP contribution in [-0.4, -0.2) is 36.3 Å². The number of aryl methyl sites for hydroxylation is 4. The molecule has 4 heterocycles. The molecule has 0 amide bonds. The number of aliphatic hydroxyl groups excluding tert-OH is 1. The molecule has 0 aliphatic carbocycles. The van der Waals surface area contributed by atoms with Gasteiger partial charge in [-0.1, -0.05) is 18.2 Å². The fourth-order valence-corrected chi connectivity index (χ4v) is 5.08. The molecule has 0 radical (unpaired) electrons. The third-order valence-electron chi connectivity index (χ3n) is 6.86. The lowest BCUT2D eigenvalue weighted by Gasteiger charge is -2.26. The van der Waals surface area contributed by atoms with Gasteiger partial charge in [0, 0.05) is 41.8 Å². The van der Waals surface area contributed by atoms with E-state index in [9.17, 15) is 9.90 Å². The summed E-state index contributed by atoms with van der Waals surface area (Å²) in [7, 11) is 0. The van der Waals surface area contributed by atoms with E-state index in [4.69, 9.17) is 0 Å². The molecular formula is C26H31N5O2. The standard InChI is InChI=1S/C26H31N5O2/c1-16(7-10-19-11-12-23(27-15-19)31-17(2)8-9-18(31)3)28-22-13-14-30-24-20(25(22)32)5-4-6-21(24)29-26(30)33/h4-6,8-9,11-12,15-16,22,25,28,32H,7,10,13-14H2,1-3H3,(H,29,33)/t16?,22-,25-/m1/s1. The molecule has 33 heavy (non-hydrogen) atoms. The van der Waals surface area contributed by atoms with Gasteiger partial charge in [0.2, 0.25) is 0 Å². The molecule has 3 N–H and O–H groups in total. The van der Waals surface area contributed by atoms with Crippen molar-refractivity contribution in [2.45, 2.75) is 64.8 Å². The number of aliphatic hydroxyl groups is 1. The van der Waals surface area contributed by atoms with Crippen LogP contribution in [0.25, 0.3) is 16.9 Å². The Kier molecular flexibility index (Phi) is 5.68. The minimum absolute atomic E-state index is 0.106. The van der Waals surface area contributed by atoms with E-state index in [2.05, 4.69) is 64.9 Å². The van der Waals surface area contributed by atoms with Crippen molar-refractivity contribution < 1.29 is 5.11 Å². The maximum atomic E-state index is 12.3. The zero-order valence-corrected chi connectivity index (χ0v) is 19.4. The van der Waals surface area contributed by atoms with Crippen molar-refractivity contribution in [3.8, 4) is 5.82 Å². The van der Waals surface area contributed by atoms with Crippen molar-refractivity contribution in [3.63, 3.8) is 0 Å². The number of nitrogens with one attached hydrogen (secondary N) is 2. The Morgan fingerprint density at radius 3 is 2.70 bits per heavy atom. The topological polar surface area (TPSA) is 87.9 Å². The monoisotopic (exact) mass is 445 g/mol. The average molecular weight is 446 g/mol. The van der Waals surface area contributed by atoms with Crippen LogP contribution in [0.2, 0.25) is 0 Å². The lowest BCUT2D eigenvalue weighted by atomic mass is 9.98. The van der Waals surface area contributed by atoms with E-state index in [1.54, 1.807) is 4.57 Å². The summed E-state index contributed by atoms with van der Waals surface area (Å²) in [5.74, 6) is 0.944. The number of nitrogens with zero attached hydrogens (tertiary/aromatic N) is 3. The van der Waals surface area contributed by atoms with Crippen LogP contribution in [0.5, 0.6) is 0 Å². The second kappa shape index (κ2) is 8.65. The molecule has 1 aliphatic heterocycles. The molecule has 3 atom stereocenters. The Labute approximate surface area is 193 Å². The summed E-state index contributed by atoms with van der Waals surface area (Å²) in [6.45, 7) is 6.91. The van der Waals surface area contributed by atoms with E-state index in [0.717, 1.165) is 35.3 Å². The average Bonchev–Trinajstić information content (AvgIpc) is 3.27. The third-order valence-corrected chi connectivity index (χ3v) is 6.86. The summed E-state index contributed by atoms with van der Waals surface area (Å²) >= 11 is 0. The van der Waals surface area contributed by atoms with Crippen molar-refractivity contribution >= 4 is 11.0 Å². The molecular weight excluding hydrogens is 414 g/mol. The fourth-order valence-electron chi connectivity index (χ4n) is 5.08. The lowest BCUT2D eigenvalue weighted by Crippen LogP contribution is -2.41. The third kappa shape index (κ3) is 4.03. The number of H-pyrrole nitrogens is 1. The number of imidazole rings is 1. The van der Waals surface area contributed by atoms with Crippen LogP contribution >= 0.6 is 0 Å². The molecule has 0 fully saturated rings. The van der Waals surface area contributed by atoms with E-state index in [0.29, 0.717) is 13.0 Å².